The fourth-order valence-corrected chi connectivity index (χ4v) is 4.95. The number of allylic oxidation sites excluding steroid dienone is 1. The lowest BCUT2D eigenvalue weighted by molar-refractivity contribution is -0.323. The standard InChI is InChI=1S/C17H28O2/c1-11-9-17(10-15(5,6)12(11)18)13(14(2,3)4)16(7,8)19-17/h9,13H,10H2,1-8H3/t13-,17-/m1/s1. The summed E-state index contributed by atoms with van der Waals surface area (Å²) in [5, 5.41) is 0. The molecule has 1 saturated heterocycles. The molecule has 0 radical (unpaired) electrons. The zero-order valence-corrected chi connectivity index (χ0v) is 13.7. The Morgan fingerprint density at radius 2 is 1.74 bits per heavy atom. The van der Waals surface area contributed by atoms with Gasteiger partial charge in [0.05, 0.1) is 11.2 Å². The average Bonchev–Trinajstić information content (AvgIpc) is 2.07. The van der Waals surface area contributed by atoms with Crippen molar-refractivity contribution in [3.8, 4) is 0 Å². The van der Waals surface area contributed by atoms with Crippen LogP contribution < -0.4 is 0 Å². The van der Waals surface area contributed by atoms with E-state index in [9.17, 15) is 4.79 Å². The van der Waals surface area contributed by atoms with E-state index in [2.05, 4.69) is 40.7 Å². The second-order valence-electron chi connectivity index (χ2n) is 8.68. The average molecular weight is 264 g/mol. The van der Waals surface area contributed by atoms with Crippen LogP contribution in [0.3, 0.4) is 0 Å². The smallest absolute Gasteiger partial charge is 0.164 e. The van der Waals surface area contributed by atoms with Crippen LogP contribution >= 0.6 is 0 Å². The fourth-order valence-electron chi connectivity index (χ4n) is 4.95. The van der Waals surface area contributed by atoms with Gasteiger partial charge >= 0.3 is 0 Å². The first kappa shape index (κ1) is 14.8. The summed E-state index contributed by atoms with van der Waals surface area (Å²) in [6.07, 6.45) is 2.89. The van der Waals surface area contributed by atoms with Crippen molar-refractivity contribution >= 4 is 5.78 Å². The van der Waals surface area contributed by atoms with Gasteiger partial charge in [-0.05, 0) is 44.3 Å². The SMILES string of the molecule is CC1=C[C@]2(CC(C)(C)C1=O)OC(C)(C)[C@H]2C(C)(C)C. The Hall–Kier alpha value is -0.630. The molecule has 0 bridgehead atoms. The molecule has 1 aliphatic heterocycles. The second kappa shape index (κ2) is 3.72. The van der Waals surface area contributed by atoms with Crippen LogP contribution in [0.25, 0.3) is 0 Å². The van der Waals surface area contributed by atoms with Crippen molar-refractivity contribution in [3.05, 3.63) is 11.6 Å². The molecule has 108 valence electrons. The number of ketones is 1. The Balaban J connectivity index is 2.48. The van der Waals surface area contributed by atoms with Gasteiger partial charge in [0.15, 0.2) is 5.78 Å². The predicted molar refractivity (Wildman–Crippen MR) is 78.0 cm³/mol. The number of hydrogen-bond donors (Lipinski definition) is 0. The van der Waals surface area contributed by atoms with Gasteiger partial charge in [-0.15, -0.1) is 0 Å². The lowest BCUT2D eigenvalue weighted by atomic mass is 9.52. The molecule has 0 unspecified atom stereocenters. The van der Waals surface area contributed by atoms with E-state index >= 15 is 0 Å². The molecule has 2 heteroatoms. The summed E-state index contributed by atoms with van der Waals surface area (Å²) in [6.45, 7) is 17.2. The van der Waals surface area contributed by atoms with Gasteiger partial charge in [0.1, 0.15) is 0 Å². The van der Waals surface area contributed by atoms with Gasteiger partial charge in [-0.2, -0.15) is 0 Å². The molecule has 0 aromatic rings. The minimum atomic E-state index is -0.321. The molecule has 1 spiro atoms. The van der Waals surface area contributed by atoms with E-state index in [1.54, 1.807) is 0 Å². The van der Waals surface area contributed by atoms with Crippen LogP contribution in [-0.2, 0) is 9.53 Å². The Labute approximate surface area is 117 Å². The molecule has 0 N–H and O–H groups in total. The number of ether oxygens (including phenoxy) is 1. The molecule has 0 aromatic heterocycles. The van der Waals surface area contributed by atoms with Crippen molar-refractivity contribution in [3.63, 3.8) is 0 Å². The molecular formula is C17H28O2. The van der Waals surface area contributed by atoms with Crippen molar-refractivity contribution < 1.29 is 9.53 Å². The van der Waals surface area contributed by atoms with Crippen molar-refractivity contribution in [2.45, 2.75) is 73.0 Å². The van der Waals surface area contributed by atoms with Gasteiger partial charge in [-0.25, -0.2) is 0 Å². The summed E-state index contributed by atoms with van der Waals surface area (Å²) in [6, 6.07) is 0. The molecule has 1 fully saturated rings. The van der Waals surface area contributed by atoms with Gasteiger partial charge in [0.2, 0.25) is 0 Å². The van der Waals surface area contributed by atoms with Gasteiger partial charge in [-0.1, -0.05) is 34.6 Å². The Morgan fingerprint density at radius 3 is 2.11 bits per heavy atom. The molecule has 1 heterocycles. The monoisotopic (exact) mass is 264 g/mol. The van der Waals surface area contributed by atoms with Gasteiger partial charge in [-0.3, -0.25) is 4.79 Å². The Morgan fingerprint density at radius 1 is 1.21 bits per heavy atom. The molecule has 2 rings (SSSR count). The third-order valence-electron chi connectivity index (χ3n) is 4.65. The molecule has 2 aliphatic rings. The highest BCUT2D eigenvalue weighted by atomic mass is 16.6. The molecule has 0 aromatic carbocycles. The molecule has 1 aliphatic carbocycles. The second-order valence-corrected chi connectivity index (χ2v) is 8.68. The van der Waals surface area contributed by atoms with E-state index in [-0.39, 0.29) is 27.8 Å². The maximum atomic E-state index is 12.3. The van der Waals surface area contributed by atoms with E-state index in [1.807, 2.05) is 20.8 Å². The zero-order valence-electron chi connectivity index (χ0n) is 13.7. The quantitative estimate of drug-likeness (QED) is 0.657. The predicted octanol–water partition coefficient (Wildman–Crippen LogP) is 4.14. The molecule has 2 atom stereocenters. The third-order valence-corrected chi connectivity index (χ3v) is 4.65. The molecule has 0 amide bonds. The molecule has 2 nitrogen and oxygen atoms in total. The van der Waals surface area contributed by atoms with Gasteiger partial charge in [0, 0.05) is 11.3 Å². The van der Waals surface area contributed by atoms with Crippen molar-refractivity contribution in [1.82, 2.24) is 0 Å². The first-order chi connectivity index (χ1) is 8.32. The first-order valence-electron chi connectivity index (χ1n) is 7.26. The largest absolute Gasteiger partial charge is 0.364 e. The third kappa shape index (κ3) is 2.08. The lowest BCUT2D eigenvalue weighted by Crippen LogP contribution is -2.71. The van der Waals surface area contributed by atoms with Gasteiger partial charge in [0.25, 0.3) is 0 Å². The van der Waals surface area contributed by atoms with Crippen molar-refractivity contribution in [2.24, 2.45) is 16.7 Å². The van der Waals surface area contributed by atoms with Crippen LogP contribution in [0, 0.1) is 16.7 Å². The van der Waals surface area contributed by atoms with E-state index < -0.39 is 0 Å². The van der Waals surface area contributed by atoms with Crippen molar-refractivity contribution in [2.75, 3.05) is 0 Å². The minimum absolute atomic E-state index is 0.120. The number of hydrogen-bond acceptors (Lipinski definition) is 2. The van der Waals surface area contributed by atoms with Gasteiger partial charge < -0.3 is 4.74 Å². The van der Waals surface area contributed by atoms with Crippen LogP contribution in [0.4, 0.5) is 0 Å². The number of carbonyl (C=O) groups excluding carboxylic acids is 1. The fraction of sp³-hybridized carbons (Fsp3) is 0.824. The summed E-state index contributed by atoms with van der Waals surface area (Å²) in [7, 11) is 0. The van der Waals surface area contributed by atoms with Crippen LogP contribution in [0.1, 0.15) is 61.8 Å². The molecule has 0 saturated carbocycles. The number of carbonyl (C=O) groups is 1. The summed E-state index contributed by atoms with van der Waals surface area (Å²) < 4.78 is 6.32. The van der Waals surface area contributed by atoms with E-state index in [1.165, 1.54) is 0 Å². The highest BCUT2D eigenvalue weighted by Gasteiger charge is 2.65. The van der Waals surface area contributed by atoms with Crippen molar-refractivity contribution in [1.29, 1.82) is 0 Å². The first-order valence-corrected chi connectivity index (χ1v) is 7.26. The highest BCUT2D eigenvalue weighted by molar-refractivity contribution is 6.00. The maximum absolute atomic E-state index is 12.3. The summed E-state index contributed by atoms with van der Waals surface area (Å²) in [4.78, 5) is 12.3. The van der Waals surface area contributed by atoms with Crippen LogP contribution in [0.5, 0.6) is 0 Å². The van der Waals surface area contributed by atoms with Crippen LogP contribution in [0.2, 0.25) is 0 Å². The molecule has 19 heavy (non-hydrogen) atoms. The summed E-state index contributed by atoms with van der Waals surface area (Å²) >= 11 is 0. The Kier molecular flexibility index (Phi) is 2.89. The maximum Gasteiger partial charge on any atom is 0.164 e. The zero-order chi connectivity index (χ0) is 14.9. The summed E-state index contributed by atoms with van der Waals surface area (Å²) in [5.74, 6) is 0.689. The summed E-state index contributed by atoms with van der Waals surface area (Å²) in [5.41, 5.74) is 0.323. The molecular weight excluding hydrogens is 236 g/mol. The van der Waals surface area contributed by atoms with Crippen LogP contribution in [-0.4, -0.2) is 17.0 Å². The van der Waals surface area contributed by atoms with Crippen LogP contribution in [0.15, 0.2) is 11.6 Å². The number of rotatable bonds is 0. The normalized spacial score (nSPS) is 36.9. The van der Waals surface area contributed by atoms with E-state index in [0.717, 1.165) is 12.0 Å². The lowest BCUT2D eigenvalue weighted by Gasteiger charge is -2.66. The number of Topliss-reactive ketones (excluding diaryl/α,β-unsaturated/α-hetero) is 1. The van der Waals surface area contributed by atoms with E-state index in [0.29, 0.717) is 5.92 Å². The Bertz CT molecular complexity index is 438. The minimum Gasteiger partial charge on any atom is -0.364 e. The van der Waals surface area contributed by atoms with E-state index in [4.69, 9.17) is 4.74 Å². The topological polar surface area (TPSA) is 26.3 Å². The highest BCUT2D eigenvalue weighted by Crippen LogP contribution is 2.61.